The lowest BCUT2D eigenvalue weighted by Gasteiger charge is -2.17. The largest absolute Gasteiger partial charge is 0.391 e. The monoisotopic (exact) mass is 314 g/mol. The minimum absolute atomic E-state index is 0.0922. The summed E-state index contributed by atoms with van der Waals surface area (Å²) in [6.07, 6.45) is 3.63. The van der Waals surface area contributed by atoms with Gasteiger partial charge in [0.1, 0.15) is 0 Å². The van der Waals surface area contributed by atoms with E-state index in [4.69, 9.17) is 0 Å². The number of H-pyrrole nitrogens is 1. The molecule has 3 N–H and O–H groups in total. The molecule has 0 radical (unpaired) electrons. The second-order valence-corrected chi connectivity index (χ2v) is 5.67. The molecule has 0 aliphatic carbocycles. The normalized spacial score (nSPS) is 13.3. The summed E-state index contributed by atoms with van der Waals surface area (Å²) in [6.45, 7) is 4.16. The highest BCUT2D eigenvalue weighted by atomic mass is 16.3. The highest BCUT2D eigenvalue weighted by Gasteiger charge is 2.15. The number of aromatic nitrogens is 1. The maximum absolute atomic E-state index is 12.2. The van der Waals surface area contributed by atoms with E-state index in [9.17, 15) is 14.7 Å². The maximum Gasteiger partial charge on any atom is 0.251 e. The van der Waals surface area contributed by atoms with Crippen molar-refractivity contribution in [3.8, 4) is 0 Å². The summed E-state index contributed by atoms with van der Waals surface area (Å²) >= 11 is 0. The molecule has 0 saturated carbocycles. The van der Waals surface area contributed by atoms with Crippen molar-refractivity contribution in [2.24, 2.45) is 5.92 Å². The summed E-state index contributed by atoms with van der Waals surface area (Å²) in [4.78, 5) is 27.1. The van der Waals surface area contributed by atoms with Crippen LogP contribution in [0, 0.1) is 5.92 Å². The first-order valence-electron chi connectivity index (χ1n) is 7.76. The van der Waals surface area contributed by atoms with Crippen LogP contribution < -0.4 is 5.32 Å². The maximum atomic E-state index is 12.2. The van der Waals surface area contributed by atoms with Crippen molar-refractivity contribution in [3.63, 3.8) is 0 Å². The van der Waals surface area contributed by atoms with Gasteiger partial charge >= 0.3 is 0 Å². The Morgan fingerprint density at radius 3 is 2.35 bits per heavy atom. The highest BCUT2D eigenvalue weighted by molar-refractivity contribution is 6.09. The van der Waals surface area contributed by atoms with Crippen molar-refractivity contribution < 1.29 is 14.7 Å². The number of aliphatic hydroxyl groups excluding tert-OH is 1. The predicted molar refractivity (Wildman–Crippen MR) is 88.5 cm³/mol. The standard InChI is InChI=1S/C18H22N2O3/c1-3-12(2)16(21)11-20-18(23)14-6-4-13(5-7-14)17(22)15-8-9-19-10-15/h4-10,12,16,19,21H,3,11H2,1-2H3,(H,20,23). The molecule has 2 unspecified atom stereocenters. The Balaban J connectivity index is 1.96. The molecule has 1 aromatic heterocycles. The van der Waals surface area contributed by atoms with Crippen molar-refractivity contribution in [2.45, 2.75) is 26.4 Å². The first kappa shape index (κ1) is 17.0. The van der Waals surface area contributed by atoms with Gasteiger partial charge in [-0.05, 0) is 24.1 Å². The fourth-order valence-electron chi connectivity index (χ4n) is 2.18. The number of carbonyl (C=O) groups excluding carboxylic acids is 2. The van der Waals surface area contributed by atoms with E-state index >= 15 is 0 Å². The van der Waals surface area contributed by atoms with Gasteiger partial charge in [-0.1, -0.05) is 32.4 Å². The lowest BCUT2D eigenvalue weighted by Crippen LogP contribution is -2.35. The molecular formula is C18H22N2O3. The zero-order valence-electron chi connectivity index (χ0n) is 13.4. The van der Waals surface area contributed by atoms with E-state index < -0.39 is 6.10 Å². The Bertz CT molecular complexity index is 647. The highest BCUT2D eigenvalue weighted by Crippen LogP contribution is 2.11. The van der Waals surface area contributed by atoms with Gasteiger partial charge in [-0.3, -0.25) is 9.59 Å². The second kappa shape index (κ2) is 7.74. The summed E-state index contributed by atoms with van der Waals surface area (Å²) < 4.78 is 0. The smallest absolute Gasteiger partial charge is 0.251 e. The van der Waals surface area contributed by atoms with Crippen LogP contribution in [-0.4, -0.2) is 34.4 Å². The molecule has 1 heterocycles. The molecule has 23 heavy (non-hydrogen) atoms. The van der Waals surface area contributed by atoms with E-state index in [1.165, 1.54) is 0 Å². The number of aromatic amines is 1. The summed E-state index contributed by atoms with van der Waals surface area (Å²) in [5.74, 6) is -0.213. The Morgan fingerprint density at radius 2 is 1.78 bits per heavy atom. The minimum Gasteiger partial charge on any atom is -0.391 e. The van der Waals surface area contributed by atoms with E-state index in [1.807, 2.05) is 13.8 Å². The molecule has 0 bridgehead atoms. The Hall–Kier alpha value is -2.40. The van der Waals surface area contributed by atoms with Gasteiger partial charge in [-0.25, -0.2) is 0 Å². The average molecular weight is 314 g/mol. The summed E-state index contributed by atoms with van der Waals surface area (Å²) in [6, 6.07) is 8.21. The molecule has 1 aromatic carbocycles. The molecule has 0 aliphatic rings. The van der Waals surface area contributed by atoms with Gasteiger partial charge in [0, 0.05) is 35.6 Å². The van der Waals surface area contributed by atoms with E-state index in [-0.39, 0.29) is 24.2 Å². The molecule has 1 amide bonds. The first-order valence-corrected chi connectivity index (χ1v) is 7.76. The van der Waals surface area contributed by atoms with Crippen molar-refractivity contribution >= 4 is 11.7 Å². The van der Waals surface area contributed by atoms with E-state index in [0.29, 0.717) is 16.7 Å². The zero-order chi connectivity index (χ0) is 16.8. The number of nitrogens with one attached hydrogen (secondary N) is 2. The van der Waals surface area contributed by atoms with Crippen molar-refractivity contribution in [2.75, 3.05) is 6.54 Å². The molecular weight excluding hydrogens is 292 g/mol. The van der Waals surface area contributed by atoms with Gasteiger partial charge in [0.25, 0.3) is 5.91 Å². The van der Waals surface area contributed by atoms with Crippen molar-refractivity contribution in [1.29, 1.82) is 0 Å². The number of hydrogen-bond acceptors (Lipinski definition) is 3. The third-order valence-corrected chi connectivity index (χ3v) is 4.04. The van der Waals surface area contributed by atoms with Gasteiger partial charge in [-0.2, -0.15) is 0 Å². The third kappa shape index (κ3) is 4.29. The Kier molecular flexibility index (Phi) is 5.71. The van der Waals surface area contributed by atoms with Crippen LogP contribution in [0.15, 0.2) is 42.7 Å². The SMILES string of the molecule is CCC(C)C(O)CNC(=O)c1ccc(C(=O)c2cc[nH]c2)cc1. The van der Waals surface area contributed by atoms with Gasteiger partial charge in [0.05, 0.1) is 6.10 Å². The fraction of sp³-hybridized carbons (Fsp3) is 0.333. The number of carbonyl (C=O) groups is 2. The van der Waals surface area contributed by atoms with Gasteiger partial charge in [0.15, 0.2) is 5.78 Å². The molecule has 2 aromatic rings. The molecule has 122 valence electrons. The van der Waals surface area contributed by atoms with Crippen LogP contribution in [-0.2, 0) is 0 Å². The van der Waals surface area contributed by atoms with Gasteiger partial charge in [0.2, 0.25) is 0 Å². The number of ketones is 1. The topological polar surface area (TPSA) is 82.2 Å². The lowest BCUT2D eigenvalue weighted by atomic mass is 10.0. The minimum atomic E-state index is -0.557. The third-order valence-electron chi connectivity index (χ3n) is 4.04. The molecule has 5 heteroatoms. The number of aliphatic hydroxyl groups is 1. The van der Waals surface area contributed by atoms with Crippen LogP contribution in [0.25, 0.3) is 0 Å². The molecule has 0 fully saturated rings. The van der Waals surface area contributed by atoms with Gasteiger partial charge < -0.3 is 15.4 Å². The second-order valence-electron chi connectivity index (χ2n) is 5.67. The Morgan fingerprint density at radius 1 is 1.13 bits per heavy atom. The number of hydrogen-bond donors (Lipinski definition) is 3. The van der Waals surface area contributed by atoms with Crippen LogP contribution in [0.3, 0.4) is 0 Å². The van der Waals surface area contributed by atoms with E-state index in [0.717, 1.165) is 6.42 Å². The molecule has 0 aliphatic heterocycles. The van der Waals surface area contributed by atoms with Crippen LogP contribution in [0.2, 0.25) is 0 Å². The van der Waals surface area contributed by atoms with Gasteiger partial charge in [-0.15, -0.1) is 0 Å². The first-order chi connectivity index (χ1) is 11.0. The summed E-state index contributed by atoms with van der Waals surface area (Å²) in [7, 11) is 0. The van der Waals surface area contributed by atoms with Crippen LogP contribution in [0.1, 0.15) is 46.5 Å². The Labute approximate surface area is 135 Å². The van der Waals surface area contributed by atoms with E-state index in [1.54, 1.807) is 42.7 Å². The molecule has 0 spiro atoms. The zero-order valence-corrected chi connectivity index (χ0v) is 13.4. The fourth-order valence-corrected chi connectivity index (χ4v) is 2.18. The average Bonchev–Trinajstić information content (AvgIpc) is 3.12. The molecule has 2 rings (SSSR count). The summed E-state index contributed by atoms with van der Waals surface area (Å²) in [5, 5.41) is 12.6. The number of rotatable bonds is 7. The quantitative estimate of drug-likeness (QED) is 0.686. The molecule has 5 nitrogen and oxygen atoms in total. The van der Waals surface area contributed by atoms with Crippen molar-refractivity contribution in [1.82, 2.24) is 10.3 Å². The molecule has 2 atom stereocenters. The number of amides is 1. The van der Waals surface area contributed by atoms with Crippen LogP contribution >= 0.6 is 0 Å². The van der Waals surface area contributed by atoms with Crippen LogP contribution in [0.5, 0.6) is 0 Å². The molecule has 0 saturated heterocycles. The number of benzene rings is 1. The van der Waals surface area contributed by atoms with Crippen LogP contribution in [0.4, 0.5) is 0 Å². The van der Waals surface area contributed by atoms with E-state index in [2.05, 4.69) is 10.3 Å². The summed E-state index contributed by atoms with van der Waals surface area (Å²) in [5.41, 5.74) is 1.58. The predicted octanol–water partition coefficient (Wildman–Crippen LogP) is 2.38. The van der Waals surface area contributed by atoms with Crippen molar-refractivity contribution in [3.05, 3.63) is 59.4 Å². The lowest BCUT2D eigenvalue weighted by molar-refractivity contribution is 0.0850.